The van der Waals surface area contributed by atoms with Crippen molar-refractivity contribution in [2.45, 2.75) is 46.8 Å². The zero-order valence-electron chi connectivity index (χ0n) is 12.1. The van der Waals surface area contributed by atoms with Crippen LogP contribution in [0.4, 0.5) is 0 Å². The minimum atomic E-state index is 0.497. The maximum Gasteiger partial charge on any atom is 0.0955 e. The Labute approximate surface area is 114 Å². The molecule has 0 amide bonds. The highest BCUT2D eigenvalue weighted by Crippen LogP contribution is 2.08. The van der Waals surface area contributed by atoms with Gasteiger partial charge in [-0.1, -0.05) is 19.9 Å². The van der Waals surface area contributed by atoms with Crippen molar-refractivity contribution in [3.8, 4) is 0 Å². The molecule has 19 heavy (non-hydrogen) atoms. The lowest BCUT2D eigenvalue weighted by Crippen LogP contribution is -2.21. The van der Waals surface area contributed by atoms with Gasteiger partial charge in [0.15, 0.2) is 0 Å². The lowest BCUT2D eigenvalue weighted by molar-refractivity contribution is 0.587. The molecule has 2 heterocycles. The van der Waals surface area contributed by atoms with Crippen LogP contribution in [0.2, 0.25) is 0 Å². The highest BCUT2D eigenvalue weighted by atomic mass is 15.1. The summed E-state index contributed by atoms with van der Waals surface area (Å²) in [5, 5.41) is 3.39. The quantitative estimate of drug-likeness (QED) is 0.895. The van der Waals surface area contributed by atoms with Gasteiger partial charge in [-0.2, -0.15) is 0 Å². The van der Waals surface area contributed by atoms with Gasteiger partial charge in [0.05, 0.1) is 24.3 Å². The SMILES string of the molecule is Cc1ncn(Cc2ccc(CNC(C)C)cn2)c1C. The molecule has 0 atom stereocenters. The van der Waals surface area contributed by atoms with E-state index >= 15 is 0 Å². The minimum absolute atomic E-state index is 0.497. The molecular formula is C15H22N4. The van der Waals surface area contributed by atoms with Gasteiger partial charge in [0.25, 0.3) is 0 Å². The molecule has 2 aromatic rings. The molecule has 0 radical (unpaired) electrons. The first-order chi connectivity index (χ1) is 9.06. The summed E-state index contributed by atoms with van der Waals surface area (Å²) in [7, 11) is 0. The Hall–Kier alpha value is -1.68. The van der Waals surface area contributed by atoms with Gasteiger partial charge in [-0.25, -0.2) is 4.98 Å². The lowest BCUT2D eigenvalue weighted by atomic mass is 10.2. The van der Waals surface area contributed by atoms with Gasteiger partial charge in [-0.3, -0.25) is 4.98 Å². The van der Waals surface area contributed by atoms with E-state index in [0.717, 1.165) is 24.5 Å². The molecule has 2 aromatic heterocycles. The largest absolute Gasteiger partial charge is 0.329 e. The summed E-state index contributed by atoms with van der Waals surface area (Å²) in [6, 6.07) is 4.72. The number of aryl methyl sites for hydroxylation is 1. The maximum atomic E-state index is 4.51. The van der Waals surface area contributed by atoms with Crippen LogP contribution in [0.1, 0.15) is 36.5 Å². The summed E-state index contributed by atoms with van der Waals surface area (Å²) in [4.78, 5) is 8.82. The number of rotatable bonds is 5. The van der Waals surface area contributed by atoms with Gasteiger partial charge in [-0.15, -0.1) is 0 Å². The van der Waals surface area contributed by atoms with Crippen LogP contribution in [0.3, 0.4) is 0 Å². The molecule has 1 N–H and O–H groups in total. The molecule has 102 valence electrons. The fourth-order valence-electron chi connectivity index (χ4n) is 1.85. The number of pyridine rings is 1. The van der Waals surface area contributed by atoms with Crippen molar-refractivity contribution >= 4 is 0 Å². The third-order valence-electron chi connectivity index (χ3n) is 3.28. The number of nitrogens with one attached hydrogen (secondary N) is 1. The van der Waals surface area contributed by atoms with Crippen molar-refractivity contribution in [3.63, 3.8) is 0 Å². The summed E-state index contributed by atoms with van der Waals surface area (Å²) in [5.41, 5.74) is 4.56. The molecule has 0 fully saturated rings. The van der Waals surface area contributed by atoms with Gasteiger partial charge in [0.1, 0.15) is 0 Å². The van der Waals surface area contributed by atoms with Crippen LogP contribution < -0.4 is 5.32 Å². The van der Waals surface area contributed by atoms with E-state index in [9.17, 15) is 0 Å². The van der Waals surface area contributed by atoms with Crippen molar-refractivity contribution in [1.29, 1.82) is 0 Å². The molecule has 0 aliphatic heterocycles. The van der Waals surface area contributed by atoms with Crippen LogP contribution in [0.5, 0.6) is 0 Å². The highest BCUT2D eigenvalue weighted by Gasteiger charge is 2.04. The summed E-state index contributed by atoms with van der Waals surface area (Å²) in [6.45, 7) is 10.1. The van der Waals surface area contributed by atoms with Gasteiger partial charge >= 0.3 is 0 Å². The smallest absolute Gasteiger partial charge is 0.0955 e. The molecule has 0 aliphatic carbocycles. The summed E-state index contributed by atoms with van der Waals surface area (Å²) < 4.78 is 2.13. The van der Waals surface area contributed by atoms with E-state index in [4.69, 9.17) is 0 Å². The zero-order valence-corrected chi connectivity index (χ0v) is 12.1. The van der Waals surface area contributed by atoms with Crippen LogP contribution in [0.15, 0.2) is 24.7 Å². The van der Waals surface area contributed by atoms with Crippen LogP contribution in [0, 0.1) is 13.8 Å². The van der Waals surface area contributed by atoms with E-state index in [-0.39, 0.29) is 0 Å². The second-order valence-electron chi connectivity index (χ2n) is 5.24. The predicted molar refractivity (Wildman–Crippen MR) is 77.0 cm³/mol. The van der Waals surface area contributed by atoms with Crippen LogP contribution in [-0.4, -0.2) is 20.6 Å². The van der Waals surface area contributed by atoms with Crippen LogP contribution in [-0.2, 0) is 13.1 Å². The Morgan fingerprint density at radius 1 is 1.21 bits per heavy atom. The first kappa shape index (κ1) is 13.7. The average Bonchev–Trinajstić information content (AvgIpc) is 2.70. The fourth-order valence-corrected chi connectivity index (χ4v) is 1.85. The van der Waals surface area contributed by atoms with Crippen LogP contribution in [0.25, 0.3) is 0 Å². The monoisotopic (exact) mass is 258 g/mol. The Morgan fingerprint density at radius 2 is 2.00 bits per heavy atom. The van der Waals surface area contributed by atoms with Gasteiger partial charge in [-0.05, 0) is 25.5 Å². The Morgan fingerprint density at radius 3 is 2.53 bits per heavy atom. The Kier molecular flexibility index (Phi) is 4.32. The van der Waals surface area contributed by atoms with Crippen molar-refractivity contribution < 1.29 is 0 Å². The second kappa shape index (κ2) is 5.97. The molecule has 4 nitrogen and oxygen atoms in total. The predicted octanol–water partition coefficient (Wildman–Crippen LogP) is 2.44. The molecule has 0 saturated carbocycles. The van der Waals surface area contributed by atoms with Crippen molar-refractivity contribution in [1.82, 2.24) is 19.9 Å². The van der Waals surface area contributed by atoms with Crippen molar-refractivity contribution in [2.75, 3.05) is 0 Å². The zero-order chi connectivity index (χ0) is 13.8. The molecule has 0 unspecified atom stereocenters. The van der Waals surface area contributed by atoms with E-state index in [1.165, 1.54) is 11.3 Å². The first-order valence-corrected chi connectivity index (χ1v) is 6.72. The third kappa shape index (κ3) is 3.64. The van der Waals surface area contributed by atoms with E-state index in [1.807, 2.05) is 19.4 Å². The topological polar surface area (TPSA) is 42.7 Å². The van der Waals surface area contributed by atoms with Gasteiger partial charge in [0.2, 0.25) is 0 Å². The van der Waals surface area contributed by atoms with Gasteiger partial charge < -0.3 is 9.88 Å². The van der Waals surface area contributed by atoms with Gasteiger partial charge in [0, 0.05) is 24.5 Å². The normalized spacial score (nSPS) is 11.2. The number of aromatic nitrogens is 3. The van der Waals surface area contributed by atoms with E-state index < -0.39 is 0 Å². The minimum Gasteiger partial charge on any atom is -0.329 e. The number of imidazole rings is 1. The maximum absolute atomic E-state index is 4.51. The molecule has 4 heteroatoms. The Bertz CT molecular complexity index is 526. The Balaban J connectivity index is 2.00. The summed E-state index contributed by atoms with van der Waals surface area (Å²) in [5.74, 6) is 0. The third-order valence-corrected chi connectivity index (χ3v) is 3.28. The van der Waals surface area contributed by atoms with Crippen molar-refractivity contribution in [3.05, 3.63) is 47.3 Å². The molecule has 0 spiro atoms. The lowest BCUT2D eigenvalue weighted by Gasteiger charge is -2.09. The number of hydrogen-bond acceptors (Lipinski definition) is 3. The average molecular weight is 258 g/mol. The number of nitrogens with zero attached hydrogens (tertiary/aromatic N) is 3. The van der Waals surface area contributed by atoms with E-state index in [2.05, 4.69) is 52.8 Å². The highest BCUT2D eigenvalue weighted by molar-refractivity contribution is 5.16. The van der Waals surface area contributed by atoms with Crippen LogP contribution >= 0.6 is 0 Å². The second-order valence-corrected chi connectivity index (χ2v) is 5.24. The summed E-state index contributed by atoms with van der Waals surface area (Å²) >= 11 is 0. The fraction of sp³-hybridized carbons (Fsp3) is 0.467. The molecular weight excluding hydrogens is 236 g/mol. The molecule has 0 saturated heterocycles. The summed E-state index contributed by atoms with van der Waals surface area (Å²) in [6.07, 6.45) is 3.82. The molecule has 2 rings (SSSR count). The van der Waals surface area contributed by atoms with E-state index in [0.29, 0.717) is 6.04 Å². The first-order valence-electron chi connectivity index (χ1n) is 6.72. The molecule has 0 bridgehead atoms. The molecule has 0 aliphatic rings. The van der Waals surface area contributed by atoms with Crippen molar-refractivity contribution in [2.24, 2.45) is 0 Å². The standard InChI is InChI=1S/C15H22N4/c1-11(2)16-7-14-5-6-15(17-8-14)9-19-10-18-12(3)13(19)4/h5-6,8,10-11,16H,7,9H2,1-4H3. The van der Waals surface area contributed by atoms with E-state index in [1.54, 1.807) is 0 Å². The molecule has 0 aromatic carbocycles. The number of hydrogen-bond donors (Lipinski definition) is 1.